The van der Waals surface area contributed by atoms with Gasteiger partial charge in [-0.2, -0.15) is 0 Å². The van der Waals surface area contributed by atoms with Crippen LogP contribution in [0.5, 0.6) is 0 Å². The monoisotopic (exact) mass is 128 g/mol. The summed E-state index contributed by atoms with van der Waals surface area (Å²) in [4.78, 5) is 10.4. The van der Waals surface area contributed by atoms with Gasteiger partial charge in [-0.15, -0.1) is 0 Å². The molecule has 0 saturated carbocycles. The van der Waals surface area contributed by atoms with Gasteiger partial charge in [-0.1, -0.05) is 0 Å². The number of nitrogens with one attached hydrogen (secondary N) is 1. The quantitative estimate of drug-likeness (QED) is 0.459. The molecule has 8 heavy (non-hydrogen) atoms. The molecule has 1 fully saturated rings. The lowest BCUT2D eigenvalue weighted by Gasteiger charge is -2.00. The van der Waals surface area contributed by atoms with Crippen LogP contribution in [0, 0.1) is 0 Å². The molecule has 1 rings (SSSR count). The molecule has 3 nitrogen and oxygen atoms in total. The zero-order chi connectivity index (χ0) is 5.98. The first-order valence-corrected chi connectivity index (χ1v) is 2.83. The second-order valence-electron chi connectivity index (χ2n) is 1.75. The maximum absolute atomic E-state index is 10.4. The normalized spacial score (nSPS) is 28.1. The molecule has 1 N–H and O–H groups in total. The van der Waals surface area contributed by atoms with Gasteiger partial charge in [-0.25, -0.2) is 0 Å². The van der Waals surface area contributed by atoms with Crippen LogP contribution < -0.4 is 5.32 Å². The molecule has 1 amide bonds. The van der Waals surface area contributed by atoms with Gasteiger partial charge in [-0.05, 0) is 0 Å². The molecule has 0 aromatic heterocycles. The molecule has 43 valence electrons. The van der Waals surface area contributed by atoms with Crippen molar-refractivity contribution in [2.75, 3.05) is 6.54 Å². The van der Waals surface area contributed by atoms with Gasteiger partial charge in [0.15, 0.2) is 0 Å². The number of carbonyl (C=O) groups is 1. The Labute approximate surface area is 50.9 Å². The molecule has 0 spiro atoms. The van der Waals surface area contributed by atoms with Crippen LogP contribution in [0.4, 0.5) is 0 Å². The highest BCUT2D eigenvalue weighted by Crippen LogP contribution is 2.00. The van der Waals surface area contributed by atoms with Crippen molar-refractivity contribution in [2.45, 2.75) is 12.5 Å². The molecule has 0 aliphatic carbocycles. The van der Waals surface area contributed by atoms with Crippen LogP contribution in [0.2, 0.25) is 0 Å². The van der Waals surface area contributed by atoms with E-state index in [9.17, 15) is 4.79 Å². The van der Waals surface area contributed by atoms with Crippen molar-refractivity contribution in [2.24, 2.45) is 0 Å². The van der Waals surface area contributed by atoms with E-state index in [4.69, 9.17) is 4.43 Å². The molecule has 0 aromatic carbocycles. The van der Waals surface area contributed by atoms with E-state index < -0.39 is 0 Å². The topological polar surface area (TPSA) is 38.3 Å². The Kier molecular flexibility index (Phi) is 1.64. The van der Waals surface area contributed by atoms with Gasteiger partial charge in [0.25, 0.3) is 0 Å². The standard InChI is InChI=1S/C4H6NO2Si/c6-4-1-3(7-8)2-5-4/h3H,1-2H2,(H,5,6). The first-order valence-electron chi connectivity index (χ1n) is 2.42. The molecule has 1 aliphatic rings. The summed E-state index contributed by atoms with van der Waals surface area (Å²) in [7, 11) is 2.86. The Balaban J connectivity index is 2.32. The fourth-order valence-electron chi connectivity index (χ4n) is 0.662. The van der Waals surface area contributed by atoms with Crippen molar-refractivity contribution in [3.05, 3.63) is 0 Å². The zero-order valence-corrected chi connectivity index (χ0v) is 5.31. The van der Waals surface area contributed by atoms with E-state index in [1.165, 1.54) is 0 Å². The summed E-state index contributed by atoms with van der Waals surface area (Å²) >= 11 is 0. The molecule has 1 atom stereocenters. The van der Waals surface area contributed by atoms with Gasteiger partial charge in [0.2, 0.25) is 16.4 Å². The molecular formula is C4H6NO2Si. The van der Waals surface area contributed by atoms with Gasteiger partial charge in [0.1, 0.15) is 0 Å². The van der Waals surface area contributed by atoms with Crippen LogP contribution in [0.1, 0.15) is 6.42 Å². The van der Waals surface area contributed by atoms with E-state index in [1.807, 2.05) is 0 Å². The van der Waals surface area contributed by atoms with Gasteiger partial charge >= 0.3 is 0 Å². The zero-order valence-electron chi connectivity index (χ0n) is 4.31. The first kappa shape index (κ1) is 5.78. The number of rotatable bonds is 1. The lowest BCUT2D eigenvalue weighted by atomic mass is 10.3. The molecule has 4 heteroatoms. The third-order valence-corrected chi connectivity index (χ3v) is 1.44. The average Bonchev–Trinajstić information content (AvgIpc) is 2.14. The van der Waals surface area contributed by atoms with Gasteiger partial charge in [0, 0.05) is 6.54 Å². The van der Waals surface area contributed by atoms with E-state index in [2.05, 4.69) is 15.8 Å². The minimum atomic E-state index is 0.0270. The van der Waals surface area contributed by atoms with E-state index in [1.54, 1.807) is 0 Å². The van der Waals surface area contributed by atoms with Crippen molar-refractivity contribution in [1.29, 1.82) is 0 Å². The van der Waals surface area contributed by atoms with Crippen molar-refractivity contribution < 1.29 is 9.22 Å². The lowest BCUT2D eigenvalue weighted by molar-refractivity contribution is -0.119. The third kappa shape index (κ3) is 1.08. The molecule has 3 radical (unpaired) electrons. The third-order valence-electron chi connectivity index (χ3n) is 1.11. The van der Waals surface area contributed by atoms with Gasteiger partial charge in [0.05, 0.1) is 12.5 Å². The summed E-state index contributed by atoms with van der Waals surface area (Å²) in [6, 6.07) is 0. The first-order chi connectivity index (χ1) is 3.83. The Morgan fingerprint density at radius 3 is 2.88 bits per heavy atom. The second kappa shape index (κ2) is 2.28. The fraction of sp³-hybridized carbons (Fsp3) is 0.750. The van der Waals surface area contributed by atoms with Crippen molar-refractivity contribution in [1.82, 2.24) is 5.32 Å². The van der Waals surface area contributed by atoms with E-state index in [0.29, 0.717) is 13.0 Å². The summed E-state index contributed by atoms with van der Waals surface area (Å²) in [6.45, 7) is 0.627. The second-order valence-corrected chi connectivity index (χ2v) is 1.98. The summed E-state index contributed by atoms with van der Waals surface area (Å²) < 4.78 is 4.70. The van der Waals surface area contributed by atoms with Crippen LogP contribution in [0.3, 0.4) is 0 Å². The van der Waals surface area contributed by atoms with Crippen molar-refractivity contribution in [3.63, 3.8) is 0 Å². The van der Waals surface area contributed by atoms with E-state index in [-0.39, 0.29) is 12.0 Å². The van der Waals surface area contributed by atoms with Gasteiger partial charge in [-0.3, -0.25) is 4.79 Å². The smallest absolute Gasteiger partial charge is 0.246 e. The molecule has 0 aromatic rings. The molecule has 1 saturated heterocycles. The molecular weight excluding hydrogens is 122 g/mol. The summed E-state index contributed by atoms with van der Waals surface area (Å²) in [6.07, 6.45) is 0.503. The highest BCUT2D eigenvalue weighted by atomic mass is 28.2. The number of hydrogen-bond acceptors (Lipinski definition) is 2. The minimum Gasteiger partial charge on any atom is -0.413 e. The van der Waals surface area contributed by atoms with E-state index in [0.717, 1.165) is 0 Å². The highest BCUT2D eigenvalue weighted by Gasteiger charge is 2.19. The average molecular weight is 128 g/mol. The molecule has 0 bridgehead atoms. The Hall–Kier alpha value is -0.353. The van der Waals surface area contributed by atoms with Gasteiger partial charge < -0.3 is 9.74 Å². The molecule has 1 unspecified atom stereocenters. The van der Waals surface area contributed by atoms with Crippen LogP contribution in [0.25, 0.3) is 0 Å². The van der Waals surface area contributed by atoms with Crippen LogP contribution in [-0.2, 0) is 9.22 Å². The number of amides is 1. The van der Waals surface area contributed by atoms with Crippen LogP contribution >= 0.6 is 0 Å². The van der Waals surface area contributed by atoms with Crippen molar-refractivity contribution in [3.8, 4) is 0 Å². The molecule has 1 aliphatic heterocycles. The van der Waals surface area contributed by atoms with E-state index >= 15 is 0 Å². The highest BCUT2D eigenvalue weighted by molar-refractivity contribution is 5.98. The summed E-state index contributed by atoms with van der Waals surface area (Å²) in [5, 5.41) is 2.63. The Morgan fingerprint density at radius 1 is 1.88 bits per heavy atom. The maximum Gasteiger partial charge on any atom is 0.246 e. The number of hydrogen-bond donors (Lipinski definition) is 1. The fourth-order valence-corrected chi connectivity index (χ4v) is 0.829. The number of carbonyl (C=O) groups excluding carboxylic acids is 1. The Bertz CT molecular complexity index is 106. The SMILES string of the molecule is O=C1CC(O[Si])CN1. The lowest BCUT2D eigenvalue weighted by Crippen LogP contribution is -2.16. The van der Waals surface area contributed by atoms with Crippen LogP contribution in [0.15, 0.2) is 0 Å². The van der Waals surface area contributed by atoms with Crippen LogP contribution in [-0.4, -0.2) is 29.0 Å². The maximum atomic E-state index is 10.4. The largest absolute Gasteiger partial charge is 0.413 e. The Morgan fingerprint density at radius 2 is 2.62 bits per heavy atom. The molecule has 1 heterocycles. The summed E-state index contributed by atoms with van der Waals surface area (Å²) in [5.41, 5.74) is 0. The predicted octanol–water partition coefficient (Wildman–Crippen LogP) is -1.03. The predicted molar refractivity (Wildman–Crippen MR) is 28.3 cm³/mol. The minimum absolute atomic E-state index is 0.0270. The summed E-state index contributed by atoms with van der Waals surface area (Å²) in [5.74, 6) is 0.0632. The van der Waals surface area contributed by atoms with Crippen molar-refractivity contribution >= 4 is 16.4 Å².